The lowest BCUT2D eigenvalue weighted by Gasteiger charge is -2.44. The third kappa shape index (κ3) is 5.82. The third-order valence-electron chi connectivity index (χ3n) is 10.1. The number of hydrogen-bond acceptors (Lipinski definition) is 8. The number of rotatable bonds is 8. The number of likely N-dealkylation sites (tertiary alicyclic amines) is 2. The van der Waals surface area contributed by atoms with Gasteiger partial charge in [0.15, 0.2) is 15.6 Å². The van der Waals surface area contributed by atoms with Crippen LogP contribution in [0.1, 0.15) is 58.1 Å². The molecule has 3 saturated heterocycles. The van der Waals surface area contributed by atoms with Crippen LogP contribution in [-0.4, -0.2) is 84.9 Å². The number of carbonyl (C=O) groups is 2. The minimum Gasteiger partial charge on any atom is -0.338 e. The van der Waals surface area contributed by atoms with Gasteiger partial charge in [0.25, 0.3) is 0 Å². The number of aromatic nitrogens is 2. The largest absolute Gasteiger partial charge is 0.338 e. The zero-order valence-corrected chi connectivity index (χ0v) is 26.5. The number of piperidine rings is 1. The Labute approximate surface area is 260 Å². The fourth-order valence-corrected chi connectivity index (χ4v) is 8.26. The van der Waals surface area contributed by atoms with Crippen molar-refractivity contribution in [3.8, 4) is 0 Å². The number of Topliss-reactive ketones (excluding diaryl/α,β-unsaturated/α-hetero) is 1. The number of nitrogens with zero attached hydrogens (tertiary/aromatic N) is 4. The van der Waals surface area contributed by atoms with Crippen molar-refractivity contribution in [1.82, 2.24) is 25.1 Å². The Morgan fingerprint density at radius 1 is 0.955 bits per heavy atom. The molecular weight excluding hydrogens is 574 g/mol. The summed E-state index contributed by atoms with van der Waals surface area (Å²) < 4.78 is 23.7. The quantitative estimate of drug-likeness (QED) is 0.383. The van der Waals surface area contributed by atoms with Crippen molar-refractivity contribution >= 4 is 21.5 Å². The van der Waals surface area contributed by atoms with Gasteiger partial charge in [0.05, 0.1) is 33.3 Å². The van der Waals surface area contributed by atoms with Crippen molar-refractivity contribution < 1.29 is 18.0 Å². The van der Waals surface area contributed by atoms with Crippen LogP contribution in [0.4, 0.5) is 0 Å². The highest BCUT2D eigenvalue weighted by molar-refractivity contribution is 7.90. The summed E-state index contributed by atoms with van der Waals surface area (Å²) in [6.07, 6.45) is 4.92. The van der Waals surface area contributed by atoms with E-state index in [0.29, 0.717) is 56.0 Å². The fraction of sp³-hybridized carbons (Fsp3) is 0.471. The second-order valence-electron chi connectivity index (χ2n) is 12.8. The molecule has 3 fully saturated rings. The Bertz CT molecular complexity index is 1620. The van der Waals surface area contributed by atoms with E-state index in [-0.39, 0.29) is 34.5 Å². The molecular formula is C34H41N5O4S. The molecule has 9 nitrogen and oxygen atoms in total. The zero-order chi connectivity index (χ0) is 31.1. The van der Waals surface area contributed by atoms with Crippen LogP contribution in [-0.2, 0) is 21.2 Å². The minimum atomic E-state index is -3.27. The summed E-state index contributed by atoms with van der Waals surface area (Å²) >= 11 is 0. The van der Waals surface area contributed by atoms with Crippen LogP contribution in [0.5, 0.6) is 0 Å². The van der Waals surface area contributed by atoms with E-state index in [1.807, 2.05) is 24.8 Å². The van der Waals surface area contributed by atoms with Crippen molar-refractivity contribution in [1.29, 1.82) is 0 Å². The third-order valence-corrected chi connectivity index (χ3v) is 11.2. The molecule has 3 atom stereocenters. The summed E-state index contributed by atoms with van der Waals surface area (Å²) in [6.45, 7) is 7.81. The monoisotopic (exact) mass is 615 g/mol. The summed E-state index contributed by atoms with van der Waals surface area (Å²) in [5.74, 6) is 0.510. The summed E-state index contributed by atoms with van der Waals surface area (Å²) in [7, 11) is -3.27. The van der Waals surface area contributed by atoms with Gasteiger partial charge in [-0.2, -0.15) is 0 Å². The first-order valence-electron chi connectivity index (χ1n) is 15.5. The number of hydrogen-bond donors (Lipinski definition) is 1. The molecule has 44 heavy (non-hydrogen) atoms. The van der Waals surface area contributed by atoms with Crippen LogP contribution in [0, 0.1) is 25.2 Å². The van der Waals surface area contributed by atoms with Gasteiger partial charge < -0.3 is 10.2 Å². The second-order valence-corrected chi connectivity index (χ2v) is 14.8. The number of nitrogens with one attached hydrogen (secondary N) is 1. The molecule has 1 aromatic heterocycles. The van der Waals surface area contributed by atoms with Crippen LogP contribution in [0.15, 0.2) is 65.8 Å². The Morgan fingerprint density at radius 2 is 1.59 bits per heavy atom. The molecule has 0 saturated carbocycles. The lowest BCUT2D eigenvalue weighted by molar-refractivity contribution is -0.139. The van der Waals surface area contributed by atoms with Crippen molar-refractivity contribution in [3.63, 3.8) is 0 Å². The molecule has 2 aromatic carbocycles. The average molecular weight is 616 g/mol. The molecule has 3 aliphatic heterocycles. The molecule has 4 heterocycles. The molecule has 0 radical (unpaired) electrons. The first-order valence-corrected chi connectivity index (χ1v) is 17.4. The normalized spacial score (nSPS) is 22.9. The van der Waals surface area contributed by atoms with Gasteiger partial charge in [0, 0.05) is 44.3 Å². The maximum absolute atomic E-state index is 14.5. The number of ketones is 1. The van der Waals surface area contributed by atoms with Crippen molar-refractivity contribution in [2.45, 2.75) is 56.5 Å². The van der Waals surface area contributed by atoms with Crippen LogP contribution in [0.25, 0.3) is 0 Å². The molecule has 1 unspecified atom stereocenters. The Balaban J connectivity index is 1.22. The minimum absolute atomic E-state index is 0.0723. The molecule has 10 heteroatoms. The maximum atomic E-state index is 14.5. The van der Waals surface area contributed by atoms with Crippen molar-refractivity contribution in [2.75, 3.05) is 39.0 Å². The van der Waals surface area contributed by atoms with E-state index in [4.69, 9.17) is 0 Å². The van der Waals surface area contributed by atoms with Gasteiger partial charge >= 0.3 is 0 Å². The van der Waals surface area contributed by atoms with Crippen molar-refractivity contribution in [2.24, 2.45) is 11.3 Å². The highest BCUT2D eigenvalue weighted by atomic mass is 32.2. The van der Waals surface area contributed by atoms with Crippen LogP contribution < -0.4 is 5.32 Å². The molecule has 1 amide bonds. The lowest BCUT2D eigenvalue weighted by atomic mass is 9.74. The number of carbonyl (C=O) groups excluding carboxylic acids is 2. The van der Waals surface area contributed by atoms with Crippen LogP contribution in [0.3, 0.4) is 0 Å². The van der Waals surface area contributed by atoms with Gasteiger partial charge in [0.1, 0.15) is 6.33 Å². The second kappa shape index (κ2) is 12.1. The van der Waals surface area contributed by atoms with Crippen LogP contribution in [0.2, 0.25) is 0 Å². The molecule has 1 spiro atoms. The van der Waals surface area contributed by atoms with E-state index < -0.39 is 15.3 Å². The van der Waals surface area contributed by atoms with Gasteiger partial charge in [-0.15, -0.1) is 0 Å². The highest BCUT2D eigenvalue weighted by Crippen LogP contribution is 2.44. The maximum Gasteiger partial charge on any atom is 0.229 e. The standard InChI is InChI=1S/C34H41N5O4S/c1-23-30(24(2)37-22-36-23)32(40)31(29-20-35-19-28(29)26-7-5-4-6-8-26)38-16-13-34(14-17-38)15-18-39(33(34)41)21-25-9-11-27(12-10-25)44(3,42)43/h4-12,22,28-29,31,35H,13-21H2,1-3H3/t28-,29-,31?/m1/s1. The number of sulfone groups is 1. The van der Waals surface area contributed by atoms with Gasteiger partial charge in [-0.25, -0.2) is 18.4 Å². The Morgan fingerprint density at radius 3 is 2.23 bits per heavy atom. The predicted octanol–water partition coefficient (Wildman–Crippen LogP) is 3.57. The van der Waals surface area contributed by atoms with E-state index in [1.54, 1.807) is 24.3 Å². The highest BCUT2D eigenvalue weighted by Gasteiger charge is 2.51. The summed E-state index contributed by atoms with van der Waals surface area (Å²) in [4.78, 5) is 41.6. The Hall–Kier alpha value is -3.47. The van der Waals surface area contributed by atoms with E-state index >= 15 is 0 Å². The molecule has 6 rings (SSSR count). The smallest absolute Gasteiger partial charge is 0.229 e. The van der Waals surface area contributed by atoms with E-state index in [2.05, 4.69) is 44.5 Å². The van der Waals surface area contributed by atoms with E-state index in [1.165, 1.54) is 18.1 Å². The van der Waals surface area contributed by atoms with Crippen LogP contribution >= 0.6 is 0 Å². The van der Waals surface area contributed by atoms with Gasteiger partial charge in [0.2, 0.25) is 5.91 Å². The molecule has 3 aliphatic rings. The molecule has 0 bridgehead atoms. The SMILES string of the molecule is Cc1ncnc(C)c1C(=O)C([C@@H]1CNC[C@@H]1c1ccccc1)N1CCC2(CCN(Cc3ccc(S(C)(=O)=O)cc3)C2=O)CC1. The van der Waals surface area contributed by atoms with Gasteiger partial charge in [-0.05, 0) is 69.5 Å². The summed E-state index contributed by atoms with van der Waals surface area (Å²) in [6, 6.07) is 16.9. The van der Waals surface area contributed by atoms with Gasteiger partial charge in [-0.1, -0.05) is 42.5 Å². The lowest BCUT2D eigenvalue weighted by Crippen LogP contribution is -2.54. The topological polar surface area (TPSA) is 113 Å². The molecule has 232 valence electrons. The average Bonchev–Trinajstić information content (AvgIpc) is 3.60. The van der Waals surface area contributed by atoms with E-state index in [9.17, 15) is 18.0 Å². The number of aryl methyl sites for hydroxylation is 2. The fourth-order valence-electron chi connectivity index (χ4n) is 7.62. The molecule has 0 aliphatic carbocycles. The summed E-state index contributed by atoms with van der Waals surface area (Å²) in [5.41, 5.74) is 3.75. The molecule has 3 aromatic rings. The summed E-state index contributed by atoms with van der Waals surface area (Å²) in [5, 5.41) is 3.57. The molecule has 1 N–H and O–H groups in total. The van der Waals surface area contributed by atoms with Gasteiger partial charge in [-0.3, -0.25) is 14.5 Å². The first kappa shape index (κ1) is 30.6. The first-order chi connectivity index (χ1) is 21.1. The van der Waals surface area contributed by atoms with Crippen molar-refractivity contribution in [3.05, 3.63) is 89.0 Å². The zero-order valence-electron chi connectivity index (χ0n) is 25.7. The van der Waals surface area contributed by atoms with E-state index in [0.717, 1.165) is 25.1 Å². The Kier molecular flexibility index (Phi) is 8.43. The number of amides is 1. The predicted molar refractivity (Wildman–Crippen MR) is 168 cm³/mol. The number of benzene rings is 2.